The van der Waals surface area contributed by atoms with E-state index in [9.17, 15) is 21.6 Å². The highest BCUT2D eigenvalue weighted by molar-refractivity contribution is 7.92. The number of benzene rings is 2. The molecule has 0 aromatic heterocycles. The molecule has 2 aromatic rings. The summed E-state index contributed by atoms with van der Waals surface area (Å²) in [4.78, 5) is 0.266. The molecule has 1 aliphatic rings. The van der Waals surface area contributed by atoms with Gasteiger partial charge in [0.05, 0.1) is 15.7 Å². The van der Waals surface area contributed by atoms with Crippen molar-refractivity contribution in [2.24, 2.45) is 0 Å². The van der Waals surface area contributed by atoms with E-state index in [-0.39, 0.29) is 10.8 Å². The Labute approximate surface area is 132 Å². The van der Waals surface area contributed by atoms with Gasteiger partial charge in [-0.25, -0.2) is 8.42 Å². The number of rotatable bonds is 3. The van der Waals surface area contributed by atoms with Crippen LogP contribution in [0.25, 0.3) is 0 Å². The van der Waals surface area contributed by atoms with Crippen LogP contribution < -0.4 is 0 Å². The summed E-state index contributed by atoms with van der Waals surface area (Å²) in [5.74, 6) is -0.233. The van der Waals surface area contributed by atoms with E-state index in [2.05, 4.69) is 0 Å². The second-order valence-corrected chi connectivity index (χ2v) is 8.03. The van der Waals surface area contributed by atoms with Crippen LogP contribution >= 0.6 is 0 Å². The molecule has 0 bridgehead atoms. The maximum absolute atomic E-state index is 12.6. The molecule has 2 unspecified atom stereocenters. The van der Waals surface area contributed by atoms with Gasteiger partial charge in [0.15, 0.2) is 9.84 Å². The van der Waals surface area contributed by atoms with Gasteiger partial charge >= 0.3 is 6.18 Å². The first-order valence-corrected chi connectivity index (χ1v) is 8.72. The average Bonchev–Trinajstić information content (AvgIpc) is 3.28. The Balaban J connectivity index is 1.80. The van der Waals surface area contributed by atoms with Gasteiger partial charge in [-0.15, -0.1) is 0 Å². The van der Waals surface area contributed by atoms with E-state index in [0.29, 0.717) is 12.0 Å². The van der Waals surface area contributed by atoms with Crippen molar-refractivity contribution in [1.82, 2.24) is 0 Å². The predicted molar refractivity (Wildman–Crippen MR) is 81.0 cm³/mol. The van der Waals surface area contributed by atoms with Crippen molar-refractivity contribution < 1.29 is 21.6 Å². The fraction of sp³-hybridized carbons (Fsp3) is 0.294. The van der Waals surface area contributed by atoms with Crippen molar-refractivity contribution in [3.05, 3.63) is 65.2 Å². The van der Waals surface area contributed by atoms with Crippen LogP contribution in [-0.2, 0) is 16.0 Å². The highest BCUT2D eigenvalue weighted by Gasteiger charge is 2.48. The third-order valence-electron chi connectivity index (χ3n) is 4.15. The number of sulfone groups is 1. The van der Waals surface area contributed by atoms with Crippen LogP contribution in [0.2, 0.25) is 0 Å². The number of alkyl halides is 3. The van der Waals surface area contributed by atoms with Crippen LogP contribution in [0.15, 0.2) is 53.4 Å². The highest BCUT2D eigenvalue weighted by atomic mass is 32.2. The maximum atomic E-state index is 12.6. The minimum Gasteiger partial charge on any atom is -0.223 e. The van der Waals surface area contributed by atoms with E-state index in [1.165, 1.54) is 12.1 Å². The number of hydrogen-bond donors (Lipinski definition) is 0. The summed E-state index contributed by atoms with van der Waals surface area (Å²) < 4.78 is 62.8. The van der Waals surface area contributed by atoms with Crippen molar-refractivity contribution >= 4 is 9.84 Å². The second kappa shape index (κ2) is 5.37. The lowest BCUT2D eigenvalue weighted by molar-refractivity contribution is -0.137. The predicted octanol–water partition coefficient (Wildman–Crippen LogP) is 4.34. The smallest absolute Gasteiger partial charge is 0.223 e. The zero-order chi connectivity index (χ0) is 16.8. The maximum Gasteiger partial charge on any atom is 0.416 e. The molecule has 2 atom stereocenters. The Bertz CT molecular complexity index is 806. The monoisotopic (exact) mass is 340 g/mol. The molecule has 2 nitrogen and oxygen atoms in total. The average molecular weight is 340 g/mol. The first-order valence-electron chi connectivity index (χ1n) is 7.17. The number of hydrogen-bond acceptors (Lipinski definition) is 2. The molecule has 0 spiro atoms. The molecule has 0 amide bonds. The van der Waals surface area contributed by atoms with Crippen molar-refractivity contribution in [3.8, 4) is 0 Å². The molecule has 3 rings (SSSR count). The molecular weight excluding hydrogens is 325 g/mol. The van der Waals surface area contributed by atoms with E-state index in [1.807, 2.05) is 6.92 Å². The minimum absolute atomic E-state index is 0.233. The Hall–Kier alpha value is -1.82. The summed E-state index contributed by atoms with van der Waals surface area (Å²) >= 11 is 0. The van der Waals surface area contributed by atoms with E-state index >= 15 is 0 Å². The summed E-state index contributed by atoms with van der Waals surface area (Å²) in [6, 6.07) is 11.4. The van der Waals surface area contributed by atoms with Crippen LogP contribution in [0.4, 0.5) is 13.2 Å². The Morgan fingerprint density at radius 2 is 1.52 bits per heavy atom. The molecule has 0 aliphatic heterocycles. The first kappa shape index (κ1) is 16.1. The minimum atomic E-state index is -4.38. The molecule has 1 saturated carbocycles. The molecule has 2 aromatic carbocycles. The van der Waals surface area contributed by atoms with Gasteiger partial charge in [-0.1, -0.05) is 29.8 Å². The summed E-state index contributed by atoms with van der Waals surface area (Å²) in [5.41, 5.74) is 0.887. The largest absolute Gasteiger partial charge is 0.416 e. The van der Waals surface area contributed by atoms with Crippen LogP contribution in [0.3, 0.4) is 0 Å². The molecule has 122 valence electrons. The first-order chi connectivity index (χ1) is 10.7. The third kappa shape index (κ3) is 3.13. The van der Waals surface area contributed by atoms with Gasteiger partial charge in [0.1, 0.15) is 0 Å². The van der Waals surface area contributed by atoms with E-state index < -0.39 is 26.8 Å². The van der Waals surface area contributed by atoms with E-state index in [1.54, 1.807) is 24.3 Å². The zero-order valence-electron chi connectivity index (χ0n) is 12.3. The zero-order valence-corrected chi connectivity index (χ0v) is 13.2. The topological polar surface area (TPSA) is 34.1 Å². The molecule has 23 heavy (non-hydrogen) atoms. The van der Waals surface area contributed by atoms with Gasteiger partial charge in [0, 0.05) is 5.92 Å². The molecule has 0 radical (unpaired) electrons. The van der Waals surface area contributed by atoms with Gasteiger partial charge in [-0.05, 0) is 43.2 Å². The van der Waals surface area contributed by atoms with E-state index in [0.717, 1.165) is 17.7 Å². The lowest BCUT2D eigenvalue weighted by Gasteiger charge is -2.08. The van der Waals surface area contributed by atoms with Crippen molar-refractivity contribution in [2.45, 2.75) is 35.6 Å². The fourth-order valence-corrected chi connectivity index (χ4v) is 4.60. The molecule has 1 fully saturated rings. The normalized spacial score (nSPS) is 21.2. The van der Waals surface area contributed by atoms with Gasteiger partial charge < -0.3 is 0 Å². The lowest BCUT2D eigenvalue weighted by atomic mass is 10.1. The lowest BCUT2D eigenvalue weighted by Crippen LogP contribution is -2.09. The van der Waals surface area contributed by atoms with Crippen molar-refractivity contribution in [2.75, 3.05) is 0 Å². The third-order valence-corrected chi connectivity index (χ3v) is 6.39. The second-order valence-electron chi connectivity index (χ2n) is 5.86. The van der Waals surface area contributed by atoms with Gasteiger partial charge in [-0.3, -0.25) is 0 Å². The SMILES string of the molecule is Cc1ccc(S(=O)(=O)C2CC2c2ccc(C(F)(F)F)cc2)cc1. The molecule has 0 N–H and O–H groups in total. The van der Waals surface area contributed by atoms with Crippen LogP contribution in [-0.4, -0.2) is 13.7 Å². The van der Waals surface area contributed by atoms with Crippen LogP contribution in [0.1, 0.15) is 29.0 Å². The summed E-state index contributed by atoms with van der Waals surface area (Å²) in [6.07, 6.45) is -3.93. The summed E-state index contributed by atoms with van der Waals surface area (Å²) in [6.45, 7) is 1.87. The number of halogens is 3. The summed E-state index contributed by atoms with van der Waals surface area (Å²) in [5, 5.41) is -0.554. The van der Waals surface area contributed by atoms with Crippen molar-refractivity contribution in [1.29, 1.82) is 0 Å². The Kier molecular flexibility index (Phi) is 3.75. The Morgan fingerprint density at radius 3 is 2.04 bits per heavy atom. The van der Waals surface area contributed by atoms with Crippen LogP contribution in [0.5, 0.6) is 0 Å². The molecule has 6 heteroatoms. The van der Waals surface area contributed by atoms with Gasteiger partial charge in [-0.2, -0.15) is 13.2 Å². The van der Waals surface area contributed by atoms with Gasteiger partial charge in [0.25, 0.3) is 0 Å². The van der Waals surface area contributed by atoms with Crippen LogP contribution in [0, 0.1) is 6.92 Å². The standard InChI is InChI=1S/C17H15F3O2S/c1-11-2-8-14(9-3-11)23(21,22)16-10-15(16)12-4-6-13(7-5-12)17(18,19)20/h2-9,15-16H,10H2,1H3. The molecular formula is C17H15F3O2S. The molecule has 1 aliphatic carbocycles. The van der Waals surface area contributed by atoms with Crippen molar-refractivity contribution in [3.63, 3.8) is 0 Å². The fourth-order valence-electron chi connectivity index (χ4n) is 2.69. The van der Waals surface area contributed by atoms with E-state index in [4.69, 9.17) is 0 Å². The van der Waals surface area contributed by atoms with Gasteiger partial charge in [0.2, 0.25) is 0 Å². The molecule has 0 saturated heterocycles. The quantitative estimate of drug-likeness (QED) is 0.833. The summed E-state index contributed by atoms with van der Waals surface area (Å²) in [7, 11) is -3.44. The number of aryl methyl sites for hydroxylation is 1. The highest BCUT2D eigenvalue weighted by Crippen LogP contribution is 2.48. The Morgan fingerprint density at radius 1 is 0.957 bits per heavy atom. The molecule has 0 heterocycles.